The lowest BCUT2D eigenvalue weighted by Crippen LogP contribution is -2.26. The summed E-state index contributed by atoms with van der Waals surface area (Å²) in [7, 11) is 0. The summed E-state index contributed by atoms with van der Waals surface area (Å²) < 4.78 is 5.17. The van der Waals surface area contributed by atoms with Crippen molar-refractivity contribution >= 4 is 6.09 Å². The van der Waals surface area contributed by atoms with Crippen molar-refractivity contribution in [3.63, 3.8) is 0 Å². The monoisotopic (exact) mass is 337 g/mol. The van der Waals surface area contributed by atoms with Gasteiger partial charge in [-0.15, -0.1) is 10.2 Å². The Kier molecular flexibility index (Phi) is 5.13. The molecule has 1 amide bonds. The zero-order valence-corrected chi connectivity index (χ0v) is 13.9. The largest absolute Gasteiger partial charge is 0.445 e. The Morgan fingerprint density at radius 3 is 2.36 bits per heavy atom. The number of alkyl carbamates (subject to hydrolysis) is 1. The van der Waals surface area contributed by atoms with E-state index >= 15 is 0 Å². The SMILES string of the molecule is CC1(c2ccc(CCNC(=O)OCc3ccccc3)cc2)N=NN=N1. The second-order valence-corrected chi connectivity index (χ2v) is 5.84. The number of nitrogens with one attached hydrogen (secondary N) is 1. The maximum absolute atomic E-state index is 11.7. The van der Waals surface area contributed by atoms with Gasteiger partial charge >= 0.3 is 6.09 Å². The van der Waals surface area contributed by atoms with Crippen LogP contribution in [0.15, 0.2) is 75.3 Å². The molecule has 0 aliphatic carbocycles. The van der Waals surface area contributed by atoms with Crippen molar-refractivity contribution < 1.29 is 9.53 Å². The molecule has 128 valence electrons. The van der Waals surface area contributed by atoms with Crippen LogP contribution in [0.1, 0.15) is 23.6 Å². The van der Waals surface area contributed by atoms with Crippen LogP contribution in [-0.4, -0.2) is 12.6 Å². The van der Waals surface area contributed by atoms with Crippen LogP contribution < -0.4 is 5.32 Å². The van der Waals surface area contributed by atoms with E-state index in [1.807, 2.05) is 61.5 Å². The minimum atomic E-state index is -0.724. The summed E-state index contributed by atoms with van der Waals surface area (Å²) in [4.78, 5) is 11.7. The van der Waals surface area contributed by atoms with Crippen LogP contribution in [0, 0.1) is 0 Å². The highest BCUT2D eigenvalue weighted by atomic mass is 16.5. The molecule has 0 atom stereocenters. The van der Waals surface area contributed by atoms with Crippen LogP contribution in [0.25, 0.3) is 0 Å². The zero-order chi connectivity index (χ0) is 17.5. The maximum Gasteiger partial charge on any atom is 0.407 e. The Hall–Kier alpha value is -3.09. The third-order valence-electron chi connectivity index (χ3n) is 3.92. The van der Waals surface area contributed by atoms with Gasteiger partial charge in [-0.2, -0.15) is 0 Å². The predicted molar refractivity (Wildman–Crippen MR) is 91.8 cm³/mol. The maximum atomic E-state index is 11.7. The number of benzene rings is 2. The molecule has 7 heteroatoms. The third-order valence-corrected chi connectivity index (χ3v) is 3.92. The summed E-state index contributed by atoms with van der Waals surface area (Å²) in [6, 6.07) is 17.5. The zero-order valence-electron chi connectivity index (χ0n) is 13.9. The topological polar surface area (TPSA) is 87.8 Å². The molecule has 1 aliphatic heterocycles. The van der Waals surface area contributed by atoms with E-state index in [-0.39, 0.29) is 6.61 Å². The van der Waals surface area contributed by atoms with E-state index in [0.29, 0.717) is 13.0 Å². The van der Waals surface area contributed by atoms with Crippen molar-refractivity contribution in [1.29, 1.82) is 0 Å². The molecule has 0 saturated carbocycles. The molecular weight excluding hydrogens is 318 g/mol. The number of carbonyl (C=O) groups excluding carboxylic acids is 1. The summed E-state index contributed by atoms with van der Waals surface area (Å²) >= 11 is 0. The van der Waals surface area contributed by atoms with Crippen molar-refractivity contribution in [2.75, 3.05) is 6.54 Å². The summed E-state index contributed by atoms with van der Waals surface area (Å²) in [6.07, 6.45) is 0.292. The Morgan fingerprint density at radius 2 is 1.68 bits per heavy atom. The molecule has 0 spiro atoms. The molecule has 3 rings (SSSR count). The number of ether oxygens (including phenoxy) is 1. The van der Waals surface area contributed by atoms with Gasteiger partial charge < -0.3 is 10.1 Å². The lowest BCUT2D eigenvalue weighted by atomic mass is 10.0. The van der Waals surface area contributed by atoms with Crippen molar-refractivity contribution in [1.82, 2.24) is 5.32 Å². The lowest BCUT2D eigenvalue weighted by Gasteiger charge is -2.14. The van der Waals surface area contributed by atoms with Gasteiger partial charge in [-0.25, -0.2) is 4.79 Å². The van der Waals surface area contributed by atoms with E-state index in [1.54, 1.807) is 0 Å². The summed E-state index contributed by atoms with van der Waals surface area (Å²) in [6.45, 7) is 2.62. The van der Waals surface area contributed by atoms with Crippen molar-refractivity contribution in [3.05, 3.63) is 71.3 Å². The Balaban J connectivity index is 1.42. The summed E-state index contributed by atoms with van der Waals surface area (Å²) in [5.41, 5.74) is 2.26. The first-order valence-corrected chi connectivity index (χ1v) is 8.04. The van der Waals surface area contributed by atoms with Gasteiger partial charge in [0.25, 0.3) is 0 Å². The number of hydrogen-bond donors (Lipinski definition) is 1. The van der Waals surface area contributed by atoms with Crippen LogP contribution in [0.4, 0.5) is 4.79 Å². The van der Waals surface area contributed by atoms with E-state index in [1.165, 1.54) is 0 Å². The Bertz CT molecular complexity index is 760. The number of rotatable bonds is 6. The normalized spacial score (nSPS) is 14.4. The minimum absolute atomic E-state index is 0.267. The van der Waals surface area contributed by atoms with Gasteiger partial charge in [0.15, 0.2) is 0 Å². The van der Waals surface area contributed by atoms with Crippen molar-refractivity contribution in [3.8, 4) is 0 Å². The van der Waals surface area contributed by atoms with Crippen LogP contribution in [0.2, 0.25) is 0 Å². The van der Waals surface area contributed by atoms with E-state index in [9.17, 15) is 4.79 Å². The van der Waals surface area contributed by atoms with Gasteiger partial charge in [0.05, 0.1) is 0 Å². The van der Waals surface area contributed by atoms with E-state index in [0.717, 1.165) is 16.7 Å². The number of amides is 1. The second kappa shape index (κ2) is 7.65. The fourth-order valence-corrected chi connectivity index (χ4v) is 2.42. The molecule has 25 heavy (non-hydrogen) atoms. The first kappa shape index (κ1) is 16.8. The van der Waals surface area contributed by atoms with E-state index in [2.05, 4.69) is 26.0 Å². The highest BCUT2D eigenvalue weighted by molar-refractivity contribution is 5.67. The molecule has 1 aliphatic rings. The van der Waals surface area contributed by atoms with E-state index < -0.39 is 11.8 Å². The van der Waals surface area contributed by atoms with Crippen LogP contribution in [0.3, 0.4) is 0 Å². The third kappa shape index (κ3) is 4.47. The Labute approximate surface area is 145 Å². The molecule has 0 radical (unpaired) electrons. The van der Waals surface area contributed by atoms with Crippen LogP contribution >= 0.6 is 0 Å². The molecule has 0 fully saturated rings. The average Bonchev–Trinajstić information content (AvgIpc) is 3.09. The summed E-state index contributed by atoms with van der Waals surface area (Å²) in [5.74, 6) is 0. The first-order chi connectivity index (χ1) is 12.2. The Morgan fingerprint density at radius 1 is 1.00 bits per heavy atom. The molecule has 0 saturated heterocycles. The van der Waals surface area contributed by atoms with Gasteiger partial charge in [0.1, 0.15) is 6.61 Å². The number of hydrogen-bond acceptors (Lipinski definition) is 6. The highest BCUT2D eigenvalue weighted by Gasteiger charge is 2.28. The molecule has 0 aromatic heterocycles. The molecule has 7 nitrogen and oxygen atoms in total. The average molecular weight is 337 g/mol. The highest BCUT2D eigenvalue weighted by Crippen LogP contribution is 2.31. The molecule has 1 N–H and O–H groups in total. The quantitative estimate of drug-likeness (QED) is 0.857. The molecule has 1 heterocycles. The second-order valence-electron chi connectivity index (χ2n) is 5.84. The van der Waals surface area contributed by atoms with Gasteiger partial charge in [0.2, 0.25) is 5.66 Å². The lowest BCUT2D eigenvalue weighted by molar-refractivity contribution is 0.140. The van der Waals surface area contributed by atoms with Crippen LogP contribution in [-0.2, 0) is 23.4 Å². The van der Waals surface area contributed by atoms with Crippen molar-refractivity contribution in [2.24, 2.45) is 20.7 Å². The van der Waals surface area contributed by atoms with Crippen molar-refractivity contribution in [2.45, 2.75) is 25.6 Å². The van der Waals surface area contributed by atoms with Crippen LogP contribution in [0.5, 0.6) is 0 Å². The molecular formula is C18H19N5O2. The van der Waals surface area contributed by atoms with Gasteiger partial charge in [-0.05, 0) is 34.9 Å². The fourth-order valence-electron chi connectivity index (χ4n) is 2.42. The number of nitrogens with zero attached hydrogens (tertiary/aromatic N) is 4. The molecule has 0 bridgehead atoms. The smallest absolute Gasteiger partial charge is 0.407 e. The number of carbonyl (C=O) groups is 1. The minimum Gasteiger partial charge on any atom is -0.445 e. The summed E-state index contributed by atoms with van der Waals surface area (Å²) in [5, 5.41) is 17.9. The molecule has 2 aromatic rings. The first-order valence-electron chi connectivity index (χ1n) is 8.04. The standard InChI is InChI=1S/C18H19N5O2/c1-18(20-22-23-21-18)16-9-7-14(8-10-16)11-12-19-17(24)25-13-15-5-3-2-4-6-15/h2-10H,11-13H2,1H3,(H,19,24). The van der Waals surface area contributed by atoms with Gasteiger partial charge in [0, 0.05) is 12.1 Å². The molecule has 2 aromatic carbocycles. The van der Waals surface area contributed by atoms with Gasteiger partial charge in [-0.3, -0.25) is 0 Å². The van der Waals surface area contributed by atoms with Gasteiger partial charge in [-0.1, -0.05) is 54.6 Å². The predicted octanol–water partition coefficient (Wildman–Crippen LogP) is 4.16. The fraction of sp³-hybridized carbons (Fsp3) is 0.278. The molecule has 0 unspecified atom stereocenters. The van der Waals surface area contributed by atoms with E-state index in [4.69, 9.17) is 4.74 Å².